The molecule has 0 bridgehead atoms. The van der Waals surface area contributed by atoms with E-state index in [1.54, 1.807) is 30.2 Å². The van der Waals surface area contributed by atoms with Gasteiger partial charge < -0.3 is 29.7 Å². The van der Waals surface area contributed by atoms with Gasteiger partial charge in [-0.25, -0.2) is 4.79 Å². The number of carbonyl (C=O) groups excluding carboxylic acids is 2. The van der Waals surface area contributed by atoms with Crippen LogP contribution in [0.25, 0.3) is 0 Å². The molecule has 6 rings (SSSR count). The predicted molar refractivity (Wildman–Crippen MR) is 208 cm³/mol. The Kier molecular flexibility index (Phi) is 12.3. The summed E-state index contributed by atoms with van der Waals surface area (Å²) in [6.07, 6.45) is -0.150. The summed E-state index contributed by atoms with van der Waals surface area (Å²) in [5.41, 5.74) is 3.03. The molecule has 0 aromatic heterocycles. The lowest BCUT2D eigenvalue weighted by Gasteiger charge is -2.39. The number of piperazine rings is 1. The number of amides is 3. The summed E-state index contributed by atoms with van der Waals surface area (Å²) in [7, 11) is -0.0538. The Labute approximate surface area is 319 Å². The molecule has 2 aliphatic heterocycles. The van der Waals surface area contributed by atoms with E-state index in [1.165, 1.54) is 6.07 Å². The van der Waals surface area contributed by atoms with Gasteiger partial charge in [-0.05, 0) is 79.0 Å². The quantitative estimate of drug-likeness (QED) is 0.180. The number of methoxy groups -OCH3 is 1. The minimum atomic E-state index is -1.65. The van der Waals surface area contributed by atoms with Crippen LogP contribution in [0.1, 0.15) is 53.0 Å². The molecule has 0 aliphatic carbocycles. The molecule has 0 unspecified atom stereocenters. The zero-order valence-electron chi connectivity index (χ0n) is 29.8. The topological polar surface area (TPSA) is 127 Å². The van der Waals surface area contributed by atoms with Crippen molar-refractivity contribution in [2.45, 2.75) is 32.0 Å². The highest BCUT2D eigenvalue weighted by Crippen LogP contribution is 2.46. The smallest absolute Gasteiger partial charge is 0.488 e. The van der Waals surface area contributed by atoms with Gasteiger partial charge in [0, 0.05) is 60.9 Å². The summed E-state index contributed by atoms with van der Waals surface area (Å²) < 4.78 is 11.8. The summed E-state index contributed by atoms with van der Waals surface area (Å²) in [4.78, 5) is 38.8. The number of aliphatic imine (C=N–C) groups is 1. The fourth-order valence-corrected chi connectivity index (χ4v) is 6.86. The Balaban J connectivity index is 1.26. The van der Waals surface area contributed by atoms with E-state index >= 15 is 0 Å². The maximum absolute atomic E-state index is 14.9. The Morgan fingerprint density at radius 2 is 1.57 bits per heavy atom. The second-order valence-corrected chi connectivity index (χ2v) is 14.1. The van der Waals surface area contributed by atoms with E-state index < -0.39 is 19.2 Å². The van der Waals surface area contributed by atoms with Crippen LogP contribution in [0, 0.1) is 0 Å². The van der Waals surface area contributed by atoms with E-state index in [9.17, 15) is 19.6 Å². The first-order chi connectivity index (χ1) is 25.5. The zero-order chi connectivity index (χ0) is 37.6. The molecule has 3 N–H and O–H groups in total. The first-order valence-corrected chi connectivity index (χ1v) is 18.3. The van der Waals surface area contributed by atoms with Gasteiger partial charge in [0.05, 0.1) is 24.8 Å². The lowest BCUT2D eigenvalue weighted by Crippen LogP contribution is -2.54. The number of benzene rings is 4. The Hall–Kier alpha value is -4.59. The van der Waals surface area contributed by atoms with Crippen molar-refractivity contribution in [1.82, 2.24) is 20.0 Å². The van der Waals surface area contributed by atoms with Crippen molar-refractivity contribution in [2.24, 2.45) is 4.99 Å². The number of carbonyl (C=O) groups is 2. The second kappa shape index (κ2) is 17.0. The molecule has 0 spiro atoms. The Bertz CT molecular complexity index is 1940. The number of urea groups is 1. The van der Waals surface area contributed by atoms with Crippen LogP contribution < -0.4 is 20.3 Å². The van der Waals surface area contributed by atoms with Gasteiger partial charge >= 0.3 is 13.1 Å². The lowest BCUT2D eigenvalue weighted by molar-refractivity contribution is 0.0938. The monoisotopic (exact) mass is 757 g/mol. The third-order valence-electron chi connectivity index (χ3n) is 9.29. The van der Waals surface area contributed by atoms with E-state index in [0.29, 0.717) is 77.8 Å². The van der Waals surface area contributed by atoms with Gasteiger partial charge in [-0.1, -0.05) is 59.6 Å². The highest BCUT2D eigenvalue weighted by atomic mass is 35.5. The number of rotatable bonds is 11. The first-order valence-electron chi connectivity index (χ1n) is 17.5. The normalized spacial score (nSPS) is 17.5. The van der Waals surface area contributed by atoms with Crippen LogP contribution in [0.15, 0.2) is 96.0 Å². The molecule has 0 radical (unpaired) electrons. The molecule has 4 aromatic carbocycles. The fraction of sp³-hybridized carbons (Fsp3) is 0.308. The fourth-order valence-electron chi connectivity index (χ4n) is 6.61. The molecule has 2 heterocycles. The van der Waals surface area contributed by atoms with E-state index in [4.69, 9.17) is 37.7 Å². The molecule has 2 atom stereocenters. The van der Waals surface area contributed by atoms with Crippen LogP contribution in [-0.4, -0.2) is 102 Å². The molecule has 3 amide bonds. The largest absolute Gasteiger partial charge is 0.497 e. The molecule has 1 fully saturated rings. The van der Waals surface area contributed by atoms with Gasteiger partial charge in [-0.15, -0.1) is 0 Å². The molecule has 1 saturated heterocycles. The van der Waals surface area contributed by atoms with Gasteiger partial charge in [-0.3, -0.25) is 19.6 Å². The minimum absolute atomic E-state index is 0.150. The number of ether oxygens (including phenoxy) is 2. The van der Waals surface area contributed by atoms with Crippen LogP contribution in [0.2, 0.25) is 10.0 Å². The van der Waals surface area contributed by atoms with E-state index in [0.717, 1.165) is 11.1 Å². The van der Waals surface area contributed by atoms with Crippen molar-refractivity contribution in [1.29, 1.82) is 0 Å². The predicted octanol–water partition coefficient (Wildman–Crippen LogP) is 5.18. The standard InChI is InChI=1S/C39H42BCl2N5O6/c1-25(2)53-34-24-32(52-3)15-16-33(34)37-44-35(26-7-11-30(41)12-8-26)36(27-9-13-31(42)14-10-27)47(37)39(49)46-21-19-45(20-22-46)18-17-43-38(48)28-5-4-6-29(23-28)40(50)51/h4-16,23-25,35-36,50-51H,17-22H2,1-3H3,(H,43,48)/t35-,36+/m0/s1. The number of amidine groups is 1. The summed E-state index contributed by atoms with van der Waals surface area (Å²) in [6.45, 7) is 6.99. The second-order valence-electron chi connectivity index (χ2n) is 13.2. The third-order valence-corrected chi connectivity index (χ3v) is 9.80. The summed E-state index contributed by atoms with van der Waals surface area (Å²) in [5, 5.41) is 23.0. The Morgan fingerprint density at radius 1 is 0.906 bits per heavy atom. The van der Waals surface area contributed by atoms with Crippen molar-refractivity contribution < 1.29 is 29.1 Å². The van der Waals surface area contributed by atoms with Crippen LogP contribution in [0.4, 0.5) is 4.79 Å². The lowest BCUT2D eigenvalue weighted by atomic mass is 9.79. The number of nitrogens with zero attached hydrogens (tertiary/aromatic N) is 4. The first kappa shape index (κ1) is 38.1. The molecular formula is C39H42BCl2N5O6. The molecular weight excluding hydrogens is 716 g/mol. The van der Waals surface area contributed by atoms with Crippen molar-refractivity contribution in [3.63, 3.8) is 0 Å². The number of nitrogens with one attached hydrogen (secondary N) is 1. The van der Waals surface area contributed by atoms with E-state index in [1.807, 2.05) is 85.5 Å². The summed E-state index contributed by atoms with van der Waals surface area (Å²) in [5.74, 6) is 1.35. The number of halogens is 2. The molecule has 2 aliphatic rings. The van der Waals surface area contributed by atoms with Crippen molar-refractivity contribution in [3.05, 3.63) is 123 Å². The number of hydrogen-bond donors (Lipinski definition) is 3. The van der Waals surface area contributed by atoms with Crippen LogP contribution in [0.5, 0.6) is 11.5 Å². The van der Waals surface area contributed by atoms with Gasteiger partial charge in [0.2, 0.25) is 0 Å². The average Bonchev–Trinajstić information content (AvgIpc) is 3.55. The Morgan fingerprint density at radius 3 is 2.19 bits per heavy atom. The average molecular weight is 759 g/mol. The van der Waals surface area contributed by atoms with Crippen molar-refractivity contribution in [3.8, 4) is 11.5 Å². The molecule has 0 saturated carbocycles. The van der Waals surface area contributed by atoms with Gasteiger partial charge in [0.15, 0.2) is 0 Å². The van der Waals surface area contributed by atoms with Crippen LogP contribution in [0.3, 0.4) is 0 Å². The number of hydrogen-bond acceptors (Lipinski definition) is 8. The van der Waals surface area contributed by atoms with Crippen LogP contribution >= 0.6 is 23.2 Å². The summed E-state index contributed by atoms with van der Waals surface area (Å²) >= 11 is 12.6. The van der Waals surface area contributed by atoms with Crippen LogP contribution in [-0.2, 0) is 0 Å². The van der Waals surface area contributed by atoms with E-state index in [-0.39, 0.29) is 23.5 Å². The molecule has 14 heteroatoms. The van der Waals surface area contributed by atoms with Gasteiger partial charge in [0.1, 0.15) is 23.4 Å². The van der Waals surface area contributed by atoms with Crippen molar-refractivity contribution in [2.75, 3.05) is 46.4 Å². The summed E-state index contributed by atoms with van der Waals surface area (Å²) in [6, 6.07) is 25.7. The maximum atomic E-state index is 14.9. The maximum Gasteiger partial charge on any atom is 0.488 e. The molecule has 4 aromatic rings. The van der Waals surface area contributed by atoms with E-state index in [2.05, 4.69) is 10.2 Å². The third kappa shape index (κ3) is 8.97. The minimum Gasteiger partial charge on any atom is -0.497 e. The molecule has 11 nitrogen and oxygen atoms in total. The SMILES string of the molecule is COc1ccc(C2=N[C@@H](c3ccc(Cl)cc3)[C@@H](c3ccc(Cl)cc3)N2C(=O)N2CCN(CCNC(=O)c3cccc(B(O)O)c3)CC2)c(OC(C)C)c1. The van der Waals surface area contributed by atoms with Gasteiger partial charge in [-0.2, -0.15) is 0 Å². The van der Waals surface area contributed by atoms with Gasteiger partial charge in [0.25, 0.3) is 5.91 Å². The van der Waals surface area contributed by atoms with Crippen molar-refractivity contribution >= 4 is 53.6 Å². The highest BCUT2D eigenvalue weighted by Gasteiger charge is 2.45. The molecule has 53 heavy (non-hydrogen) atoms. The molecule has 276 valence electrons. The zero-order valence-corrected chi connectivity index (χ0v) is 31.3. The highest BCUT2D eigenvalue weighted by molar-refractivity contribution is 6.58.